The molecule has 0 amide bonds. The minimum atomic E-state index is 0.160. The van der Waals surface area contributed by atoms with E-state index >= 15 is 0 Å². The molecule has 0 fully saturated rings. The second-order valence-electron chi connectivity index (χ2n) is 4.36. The summed E-state index contributed by atoms with van der Waals surface area (Å²) in [5, 5.41) is 5.45. The van der Waals surface area contributed by atoms with Crippen LogP contribution < -0.4 is 10.1 Å². The van der Waals surface area contributed by atoms with E-state index in [0.29, 0.717) is 0 Å². The van der Waals surface area contributed by atoms with Crippen molar-refractivity contribution in [1.82, 2.24) is 4.98 Å². The van der Waals surface area contributed by atoms with Gasteiger partial charge in [0, 0.05) is 30.1 Å². The predicted molar refractivity (Wildman–Crippen MR) is 77.9 cm³/mol. The average molecular weight is 260 g/mol. The van der Waals surface area contributed by atoms with E-state index in [2.05, 4.69) is 10.3 Å². The van der Waals surface area contributed by atoms with Gasteiger partial charge < -0.3 is 14.8 Å². The van der Waals surface area contributed by atoms with Crippen LogP contribution in [0.1, 0.15) is 13.8 Å². The molecule has 1 N–H and O–H groups in total. The molecule has 1 atom stereocenters. The summed E-state index contributed by atoms with van der Waals surface area (Å²) in [4.78, 5) is 4.39. The maximum absolute atomic E-state index is 5.51. The van der Waals surface area contributed by atoms with E-state index in [0.717, 1.165) is 35.5 Å². The Bertz CT molecular complexity index is 543. The standard InChI is InChI=1S/C15H20N2O2/c1-4-19-11(2)10-17-15-13-6-5-7-14(18-3)12(13)8-9-16-15/h5-9,11H,4,10H2,1-3H3,(H,16,17). The fourth-order valence-corrected chi connectivity index (χ4v) is 2.08. The maximum Gasteiger partial charge on any atom is 0.134 e. The van der Waals surface area contributed by atoms with Crippen LogP contribution in [0.15, 0.2) is 30.5 Å². The van der Waals surface area contributed by atoms with Gasteiger partial charge in [-0.05, 0) is 26.0 Å². The van der Waals surface area contributed by atoms with Gasteiger partial charge in [0.1, 0.15) is 11.6 Å². The van der Waals surface area contributed by atoms with Gasteiger partial charge in [-0.3, -0.25) is 0 Å². The number of rotatable bonds is 6. The first-order valence-corrected chi connectivity index (χ1v) is 6.53. The largest absolute Gasteiger partial charge is 0.496 e. The number of aromatic nitrogens is 1. The Morgan fingerprint density at radius 1 is 1.26 bits per heavy atom. The Balaban J connectivity index is 2.24. The number of fused-ring (bicyclic) bond motifs is 1. The molecule has 1 aromatic carbocycles. The number of pyridine rings is 1. The molecule has 2 rings (SSSR count). The van der Waals surface area contributed by atoms with Crippen LogP contribution in [0.5, 0.6) is 5.75 Å². The van der Waals surface area contributed by atoms with Crippen molar-refractivity contribution < 1.29 is 9.47 Å². The van der Waals surface area contributed by atoms with Gasteiger partial charge in [-0.1, -0.05) is 12.1 Å². The molecule has 2 aromatic rings. The van der Waals surface area contributed by atoms with Crippen LogP contribution in [0.4, 0.5) is 5.82 Å². The van der Waals surface area contributed by atoms with Gasteiger partial charge in [-0.15, -0.1) is 0 Å². The molecule has 1 heterocycles. The minimum absolute atomic E-state index is 0.160. The van der Waals surface area contributed by atoms with E-state index in [9.17, 15) is 0 Å². The molecular weight excluding hydrogens is 240 g/mol. The van der Waals surface area contributed by atoms with Crippen LogP contribution in [-0.4, -0.2) is 31.3 Å². The lowest BCUT2D eigenvalue weighted by molar-refractivity contribution is 0.0855. The molecule has 0 saturated carbocycles. The zero-order chi connectivity index (χ0) is 13.7. The van der Waals surface area contributed by atoms with Crippen molar-refractivity contribution in [2.24, 2.45) is 0 Å². The first-order valence-electron chi connectivity index (χ1n) is 6.53. The molecule has 0 aliphatic carbocycles. The highest BCUT2D eigenvalue weighted by atomic mass is 16.5. The Kier molecular flexibility index (Phi) is 4.58. The number of benzene rings is 1. The molecule has 0 saturated heterocycles. The first-order chi connectivity index (χ1) is 9.26. The second-order valence-corrected chi connectivity index (χ2v) is 4.36. The minimum Gasteiger partial charge on any atom is -0.496 e. The van der Waals surface area contributed by atoms with Crippen molar-refractivity contribution in [3.8, 4) is 5.75 Å². The summed E-state index contributed by atoms with van der Waals surface area (Å²) >= 11 is 0. The molecule has 4 heteroatoms. The van der Waals surface area contributed by atoms with E-state index in [-0.39, 0.29) is 6.10 Å². The van der Waals surface area contributed by atoms with E-state index in [4.69, 9.17) is 9.47 Å². The highest BCUT2D eigenvalue weighted by Gasteiger charge is 2.07. The second kappa shape index (κ2) is 6.38. The molecular formula is C15H20N2O2. The molecule has 102 valence electrons. The van der Waals surface area contributed by atoms with Gasteiger partial charge >= 0.3 is 0 Å². The molecule has 0 radical (unpaired) electrons. The lowest BCUT2D eigenvalue weighted by atomic mass is 10.1. The lowest BCUT2D eigenvalue weighted by Gasteiger charge is -2.14. The zero-order valence-electron chi connectivity index (χ0n) is 11.6. The third-order valence-corrected chi connectivity index (χ3v) is 2.99. The van der Waals surface area contributed by atoms with Crippen LogP contribution in [-0.2, 0) is 4.74 Å². The van der Waals surface area contributed by atoms with E-state index in [1.54, 1.807) is 13.3 Å². The fraction of sp³-hybridized carbons (Fsp3) is 0.400. The van der Waals surface area contributed by atoms with Crippen LogP contribution in [0.2, 0.25) is 0 Å². The molecule has 19 heavy (non-hydrogen) atoms. The lowest BCUT2D eigenvalue weighted by Crippen LogP contribution is -2.20. The number of nitrogens with one attached hydrogen (secondary N) is 1. The smallest absolute Gasteiger partial charge is 0.134 e. The van der Waals surface area contributed by atoms with Crippen molar-refractivity contribution in [2.75, 3.05) is 25.6 Å². The Morgan fingerprint density at radius 2 is 2.11 bits per heavy atom. The summed E-state index contributed by atoms with van der Waals surface area (Å²) in [6.45, 7) is 5.50. The summed E-state index contributed by atoms with van der Waals surface area (Å²) in [5.74, 6) is 1.73. The van der Waals surface area contributed by atoms with Crippen molar-refractivity contribution in [3.05, 3.63) is 30.5 Å². The van der Waals surface area contributed by atoms with Gasteiger partial charge in [0.2, 0.25) is 0 Å². The summed E-state index contributed by atoms with van der Waals surface area (Å²) < 4.78 is 10.9. The molecule has 4 nitrogen and oxygen atoms in total. The first kappa shape index (κ1) is 13.6. The van der Waals surface area contributed by atoms with E-state index in [1.807, 2.05) is 38.1 Å². The topological polar surface area (TPSA) is 43.4 Å². The van der Waals surface area contributed by atoms with Crippen LogP contribution in [0, 0.1) is 0 Å². The van der Waals surface area contributed by atoms with E-state index in [1.165, 1.54) is 0 Å². The van der Waals surface area contributed by atoms with Crippen molar-refractivity contribution in [1.29, 1.82) is 0 Å². The molecule has 0 aliphatic heterocycles. The zero-order valence-corrected chi connectivity index (χ0v) is 11.6. The fourth-order valence-electron chi connectivity index (χ4n) is 2.08. The summed E-state index contributed by atoms with van der Waals surface area (Å²) in [5.41, 5.74) is 0. The van der Waals surface area contributed by atoms with Gasteiger partial charge in [0.25, 0.3) is 0 Å². The number of nitrogens with zero attached hydrogens (tertiary/aromatic N) is 1. The van der Waals surface area contributed by atoms with Crippen molar-refractivity contribution in [2.45, 2.75) is 20.0 Å². The highest BCUT2D eigenvalue weighted by molar-refractivity contribution is 5.95. The van der Waals surface area contributed by atoms with Crippen molar-refractivity contribution >= 4 is 16.6 Å². The van der Waals surface area contributed by atoms with E-state index < -0.39 is 0 Å². The summed E-state index contributed by atoms with van der Waals surface area (Å²) in [6, 6.07) is 7.93. The average Bonchev–Trinajstić information content (AvgIpc) is 2.44. The summed E-state index contributed by atoms with van der Waals surface area (Å²) in [7, 11) is 1.68. The predicted octanol–water partition coefficient (Wildman–Crippen LogP) is 3.08. The number of anilines is 1. The number of methoxy groups -OCH3 is 1. The Labute approximate surface area is 113 Å². The van der Waals surface area contributed by atoms with Crippen LogP contribution >= 0.6 is 0 Å². The number of hydrogen-bond donors (Lipinski definition) is 1. The third-order valence-electron chi connectivity index (χ3n) is 2.99. The molecule has 0 aliphatic rings. The Hall–Kier alpha value is -1.81. The molecule has 1 unspecified atom stereocenters. The van der Waals surface area contributed by atoms with Gasteiger partial charge in [-0.2, -0.15) is 0 Å². The normalized spacial score (nSPS) is 12.4. The van der Waals surface area contributed by atoms with Gasteiger partial charge in [0.05, 0.1) is 13.2 Å². The quantitative estimate of drug-likeness (QED) is 0.866. The SMILES string of the molecule is CCOC(C)CNc1nccc2c(OC)cccc12. The maximum atomic E-state index is 5.51. The van der Waals surface area contributed by atoms with Gasteiger partial charge in [0.15, 0.2) is 0 Å². The highest BCUT2D eigenvalue weighted by Crippen LogP contribution is 2.28. The molecule has 1 aromatic heterocycles. The van der Waals surface area contributed by atoms with Gasteiger partial charge in [-0.25, -0.2) is 4.98 Å². The summed E-state index contributed by atoms with van der Waals surface area (Å²) in [6.07, 6.45) is 1.95. The number of hydrogen-bond acceptors (Lipinski definition) is 4. The number of ether oxygens (including phenoxy) is 2. The molecule has 0 bridgehead atoms. The Morgan fingerprint density at radius 3 is 2.84 bits per heavy atom. The molecule has 0 spiro atoms. The third kappa shape index (κ3) is 3.15. The van der Waals surface area contributed by atoms with Crippen LogP contribution in [0.3, 0.4) is 0 Å². The van der Waals surface area contributed by atoms with Crippen molar-refractivity contribution in [3.63, 3.8) is 0 Å². The monoisotopic (exact) mass is 260 g/mol. The van der Waals surface area contributed by atoms with Crippen LogP contribution in [0.25, 0.3) is 10.8 Å².